The molecule has 4 nitrogen and oxygen atoms in total. The quantitative estimate of drug-likeness (QED) is 0.906. The zero-order valence-corrected chi connectivity index (χ0v) is 10.1. The van der Waals surface area contributed by atoms with Gasteiger partial charge in [0.05, 0.1) is 11.3 Å². The number of amides is 1. The fraction of sp³-hybridized carbons (Fsp3) is 0. The Balaban J connectivity index is 2.29. The highest BCUT2D eigenvalue weighted by atomic mass is 19.1. The molecule has 0 saturated heterocycles. The van der Waals surface area contributed by atoms with E-state index in [1.165, 1.54) is 12.1 Å². The number of carbonyl (C=O) groups is 2. The van der Waals surface area contributed by atoms with E-state index >= 15 is 0 Å². The molecule has 0 spiro atoms. The minimum Gasteiger partial charge on any atom is -0.478 e. The third-order valence-electron chi connectivity index (χ3n) is 2.57. The SMILES string of the molecule is O=C(Nc1cc(F)ccc1C(=O)O)c1ccc(F)cc1. The largest absolute Gasteiger partial charge is 0.478 e. The lowest BCUT2D eigenvalue weighted by Gasteiger charge is -2.08. The normalized spacial score (nSPS) is 10.1. The molecule has 20 heavy (non-hydrogen) atoms. The molecule has 0 saturated carbocycles. The van der Waals surface area contributed by atoms with Crippen LogP contribution in [0.5, 0.6) is 0 Å². The minimum atomic E-state index is -1.29. The van der Waals surface area contributed by atoms with Crippen LogP contribution in [-0.4, -0.2) is 17.0 Å². The molecule has 102 valence electrons. The van der Waals surface area contributed by atoms with E-state index in [1.54, 1.807) is 0 Å². The van der Waals surface area contributed by atoms with Crippen molar-refractivity contribution in [1.29, 1.82) is 0 Å². The molecule has 0 aromatic heterocycles. The Morgan fingerprint density at radius 1 is 0.950 bits per heavy atom. The average Bonchev–Trinajstić information content (AvgIpc) is 2.39. The maximum atomic E-state index is 13.1. The van der Waals surface area contributed by atoms with Crippen molar-refractivity contribution in [1.82, 2.24) is 0 Å². The lowest BCUT2D eigenvalue weighted by molar-refractivity contribution is 0.0698. The Morgan fingerprint density at radius 2 is 1.55 bits per heavy atom. The number of benzene rings is 2. The van der Waals surface area contributed by atoms with Crippen LogP contribution in [-0.2, 0) is 0 Å². The summed E-state index contributed by atoms with van der Waals surface area (Å²) >= 11 is 0. The average molecular weight is 277 g/mol. The number of carboxylic acids is 1. The van der Waals surface area contributed by atoms with Crippen molar-refractivity contribution in [2.45, 2.75) is 0 Å². The second-order valence-electron chi connectivity index (χ2n) is 3.96. The van der Waals surface area contributed by atoms with Gasteiger partial charge in [0.25, 0.3) is 5.91 Å². The molecule has 0 atom stereocenters. The Labute approximate surface area is 112 Å². The highest BCUT2D eigenvalue weighted by molar-refractivity contribution is 6.07. The van der Waals surface area contributed by atoms with Gasteiger partial charge in [0, 0.05) is 5.56 Å². The van der Waals surface area contributed by atoms with Crippen molar-refractivity contribution >= 4 is 17.6 Å². The predicted molar refractivity (Wildman–Crippen MR) is 67.7 cm³/mol. The van der Waals surface area contributed by atoms with Crippen LogP contribution in [0.2, 0.25) is 0 Å². The van der Waals surface area contributed by atoms with Gasteiger partial charge < -0.3 is 10.4 Å². The molecule has 2 N–H and O–H groups in total. The van der Waals surface area contributed by atoms with Crippen LogP contribution in [0.25, 0.3) is 0 Å². The minimum absolute atomic E-state index is 0.131. The summed E-state index contributed by atoms with van der Waals surface area (Å²) in [4.78, 5) is 22.8. The van der Waals surface area contributed by atoms with Crippen LogP contribution in [0.15, 0.2) is 42.5 Å². The van der Waals surface area contributed by atoms with Gasteiger partial charge in [-0.2, -0.15) is 0 Å². The Kier molecular flexibility index (Phi) is 3.74. The van der Waals surface area contributed by atoms with Crippen molar-refractivity contribution < 1.29 is 23.5 Å². The number of carboxylic acid groups (broad SMARTS) is 1. The van der Waals surface area contributed by atoms with Crippen LogP contribution in [0.3, 0.4) is 0 Å². The highest BCUT2D eigenvalue weighted by Gasteiger charge is 2.14. The maximum Gasteiger partial charge on any atom is 0.337 e. The van der Waals surface area contributed by atoms with E-state index in [0.717, 1.165) is 30.3 Å². The molecule has 1 amide bonds. The molecule has 0 fully saturated rings. The van der Waals surface area contributed by atoms with E-state index in [2.05, 4.69) is 5.32 Å². The summed E-state index contributed by atoms with van der Waals surface area (Å²) in [5.74, 6) is -3.12. The maximum absolute atomic E-state index is 13.1. The second-order valence-corrected chi connectivity index (χ2v) is 3.96. The number of nitrogens with one attached hydrogen (secondary N) is 1. The van der Waals surface area contributed by atoms with Crippen molar-refractivity contribution in [2.24, 2.45) is 0 Å². The first-order valence-electron chi connectivity index (χ1n) is 5.57. The van der Waals surface area contributed by atoms with Crippen LogP contribution < -0.4 is 5.32 Å². The fourth-order valence-corrected chi connectivity index (χ4v) is 1.60. The number of carbonyl (C=O) groups excluding carboxylic acids is 1. The van der Waals surface area contributed by atoms with Crippen molar-refractivity contribution in [3.8, 4) is 0 Å². The Bertz CT molecular complexity index is 669. The molecule has 2 aromatic carbocycles. The monoisotopic (exact) mass is 277 g/mol. The van der Waals surface area contributed by atoms with Gasteiger partial charge in [0.1, 0.15) is 11.6 Å². The first-order chi connectivity index (χ1) is 9.47. The lowest BCUT2D eigenvalue weighted by atomic mass is 10.1. The van der Waals surface area contributed by atoms with Gasteiger partial charge >= 0.3 is 5.97 Å². The van der Waals surface area contributed by atoms with Gasteiger partial charge in [-0.1, -0.05) is 0 Å². The van der Waals surface area contributed by atoms with Crippen LogP contribution in [0.4, 0.5) is 14.5 Å². The first-order valence-corrected chi connectivity index (χ1v) is 5.57. The van der Waals surface area contributed by atoms with Crippen molar-refractivity contribution in [2.75, 3.05) is 5.32 Å². The summed E-state index contributed by atoms with van der Waals surface area (Å²) in [7, 11) is 0. The summed E-state index contributed by atoms with van der Waals surface area (Å²) in [6.07, 6.45) is 0. The van der Waals surface area contributed by atoms with Crippen LogP contribution in [0.1, 0.15) is 20.7 Å². The van der Waals surface area contributed by atoms with E-state index in [4.69, 9.17) is 5.11 Å². The summed E-state index contributed by atoms with van der Waals surface area (Å²) < 4.78 is 25.9. The van der Waals surface area contributed by atoms with Gasteiger partial charge in [-0.25, -0.2) is 13.6 Å². The number of rotatable bonds is 3. The summed E-state index contributed by atoms with van der Waals surface area (Å²) in [6, 6.07) is 7.62. The molecule has 0 heterocycles. The van der Waals surface area contributed by atoms with Crippen LogP contribution in [0, 0.1) is 11.6 Å². The lowest BCUT2D eigenvalue weighted by Crippen LogP contribution is -2.15. The van der Waals surface area contributed by atoms with E-state index in [-0.39, 0.29) is 16.8 Å². The first kappa shape index (κ1) is 13.7. The molecular weight excluding hydrogens is 268 g/mol. The zero-order valence-electron chi connectivity index (χ0n) is 10.1. The number of hydrogen-bond acceptors (Lipinski definition) is 2. The molecule has 0 unspecified atom stereocenters. The smallest absolute Gasteiger partial charge is 0.337 e. The van der Waals surface area contributed by atoms with Crippen LogP contribution >= 0.6 is 0 Å². The summed E-state index contributed by atoms with van der Waals surface area (Å²) in [6.45, 7) is 0. The summed E-state index contributed by atoms with van der Waals surface area (Å²) in [5, 5.41) is 11.2. The predicted octanol–water partition coefficient (Wildman–Crippen LogP) is 2.92. The Hall–Kier alpha value is -2.76. The summed E-state index contributed by atoms with van der Waals surface area (Å²) in [5.41, 5.74) is -0.263. The molecule has 0 aliphatic rings. The third kappa shape index (κ3) is 2.97. The molecule has 6 heteroatoms. The molecule has 2 aromatic rings. The van der Waals surface area contributed by atoms with E-state index in [9.17, 15) is 18.4 Å². The highest BCUT2D eigenvalue weighted by Crippen LogP contribution is 2.18. The third-order valence-corrected chi connectivity index (χ3v) is 2.57. The van der Waals surface area contributed by atoms with Gasteiger partial charge in [-0.3, -0.25) is 4.79 Å². The van der Waals surface area contributed by atoms with E-state index < -0.39 is 23.5 Å². The van der Waals surface area contributed by atoms with Gasteiger partial charge in [0.2, 0.25) is 0 Å². The molecule has 2 rings (SSSR count). The van der Waals surface area contributed by atoms with Crippen molar-refractivity contribution in [3.63, 3.8) is 0 Å². The van der Waals surface area contributed by atoms with E-state index in [1.807, 2.05) is 0 Å². The molecule has 0 radical (unpaired) electrons. The number of anilines is 1. The standard InChI is InChI=1S/C14H9F2NO3/c15-9-3-1-8(2-4-9)13(18)17-12-7-10(16)5-6-11(12)14(19)20/h1-7H,(H,17,18)(H,19,20). The number of hydrogen-bond donors (Lipinski definition) is 2. The molecule has 0 bridgehead atoms. The van der Waals surface area contributed by atoms with Gasteiger partial charge in [-0.05, 0) is 42.5 Å². The van der Waals surface area contributed by atoms with Gasteiger partial charge in [-0.15, -0.1) is 0 Å². The molecule has 0 aliphatic carbocycles. The van der Waals surface area contributed by atoms with Gasteiger partial charge in [0.15, 0.2) is 0 Å². The topological polar surface area (TPSA) is 66.4 Å². The van der Waals surface area contributed by atoms with E-state index in [0.29, 0.717) is 0 Å². The number of aromatic carboxylic acids is 1. The number of halogens is 2. The van der Waals surface area contributed by atoms with Crippen molar-refractivity contribution in [3.05, 3.63) is 65.2 Å². The zero-order chi connectivity index (χ0) is 14.7. The molecular formula is C14H9F2NO3. The fourth-order valence-electron chi connectivity index (χ4n) is 1.60. The Morgan fingerprint density at radius 3 is 2.15 bits per heavy atom. The molecule has 0 aliphatic heterocycles. The second kappa shape index (κ2) is 5.48.